The van der Waals surface area contributed by atoms with Crippen LogP contribution >= 0.6 is 11.6 Å². The standard InChI is InChI=1S/C16H12ClNO3/c17-12-7-5-11(6-8-12)9-10-21-18-15(19)13-3-1-2-4-14(13)16(18)20/h1-8H,9-10H2. The normalized spacial score (nSPS) is 13.7. The van der Waals surface area contributed by atoms with Gasteiger partial charge < -0.3 is 0 Å². The van der Waals surface area contributed by atoms with Crippen LogP contribution in [0.5, 0.6) is 0 Å². The molecule has 0 fully saturated rings. The lowest BCUT2D eigenvalue weighted by Gasteiger charge is -2.13. The number of carbonyl (C=O) groups excluding carboxylic acids is 2. The van der Waals surface area contributed by atoms with Crippen molar-refractivity contribution in [2.75, 3.05) is 6.61 Å². The molecule has 0 bridgehead atoms. The van der Waals surface area contributed by atoms with Crippen LogP contribution in [0.3, 0.4) is 0 Å². The third kappa shape index (κ3) is 2.68. The Kier molecular flexibility index (Phi) is 3.73. The van der Waals surface area contributed by atoms with Crippen molar-refractivity contribution in [1.29, 1.82) is 0 Å². The fourth-order valence-electron chi connectivity index (χ4n) is 2.19. The quantitative estimate of drug-likeness (QED) is 0.815. The largest absolute Gasteiger partial charge is 0.285 e. The summed E-state index contributed by atoms with van der Waals surface area (Å²) in [6.07, 6.45) is 0.588. The summed E-state index contributed by atoms with van der Waals surface area (Å²) in [5.41, 5.74) is 1.79. The summed E-state index contributed by atoms with van der Waals surface area (Å²) in [4.78, 5) is 29.5. The molecule has 0 saturated heterocycles. The van der Waals surface area contributed by atoms with Crippen molar-refractivity contribution >= 4 is 23.4 Å². The molecule has 0 saturated carbocycles. The maximum absolute atomic E-state index is 12.1. The highest BCUT2D eigenvalue weighted by Gasteiger charge is 2.36. The van der Waals surface area contributed by atoms with Crippen LogP contribution in [0.15, 0.2) is 48.5 Å². The molecule has 1 heterocycles. The number of hydrogen-bond donors (Lipinski definition) is 0. The molecule has 1 aliphatic heterocycles. The second-order valence-corrected chi connectivity index (χ2v) is 5.10. The molecule has 0 atom stereocenters. The first kappa shape index (κ1) is 13.8. The first-order valence-electron chi connectivity index (χ1n) is 6.52. The summed E-state index contributed by atoms with van der Waals surface area (Å²) in [7, 11) is 0. The van der Waals surface area contributed by atoms with Gasteiger partial charge in [0.05, 0.1) is 17.7 Å². The summed E-state index contributed by atoms with van der Waals surface area (Å²) in [5.74, 6) is -0.821. The van der Waals surface area contributed by atoms with Gasteiger partial charge in [0.25, 0.3) is 11.8 Å². The molecule has 0 spiro atoms. The van der Waals surface area contributed by atoms with E-state index in [1.807, 2.05) is 12.1 Å². The predicted molar refractivity (Wildman–Crippen MR) is 78.1 cm³/mol. The second kappa shape index (κ2) is 5.68. The Balaban J connectivity index is 1.63. The van der Waals surface area contributed by atoms with Crippen molar-refractivity contribution < 1.29 is 14.4 Å². The zero-order valence-electron chi connectivity index (χ0n) is 11.1. The third-order valence-electron chi connectivity index (χ3n) is 3.28. The summed E-state index contributed by atoms with van der Waals surface area (Å²) in [6.45, 7) is 0.243. The minimum absolute atomic E-state index is 0.243. The highest BCUT2D eigenvalue weighted by atomic mass is 35.5. The zero-order valence-corrected chi connectivity index (χ0v) is 11.8. The third-order valence-corrected chi connectivity index (χ3v) is 3.53. The fraction of sp³-hybridized carbons (Fsp3) is 0.125. The van der Waals surface area contributed by atoms with Crippen molar-refractivity contribution in [3.05, 3.63) is 70.2 Å². The van der Waals surface area contributed by atoms with Crippen molar-refractivity contribution in [2.45, 2.75) is 6.42 Å². The average molecular weight is 302 g/mol. The molecule has 2 aromatic rings. The van der Waals surface area contributed by atoms with E-state index in [0.717, 1.165) is 10.6 Å². The van der Waals surface area contributed by atoms with Gasteiger partial charge in [-0.2, -0.15) is 0 Å². The van der Waals surface area contributed by atoms with E-state index < -0.39 is 11.8 Å². The van der Waals surface area contributed by atoms with E-state index in [4.69, 9.17) is 16.4 Å². The number of halogens is 1. The Hall–Kier alpha value is -2.17. The lowest BCUT2D eigenvalue weighted by molar-refractivity contribution is -0.0902. The fourth-order valence-corrected chi connectivity index (χ4v) is 2.32. The van der Waals surface area contributed by atoms with Crippen molar-refractivity contribution in [3.8, 4) is 0 Å². The van der Waals surface area contributed by atoms with Gasteiger partial charge in [-0.1, -0.05) is 35.9 Å². The number of hydroxylamine groups is 2. The minimum Gasteiger partial charge on any atom is -0.266 e. The molecule has 3 rings (SSSR count). The van der Waals surface area contributed by atoms with Gasteiger partial charge in [0.1, 0.15) is 0 Å². The Labute approximate surface area is 126 Å². The van der Waals surface area contributed by atoms with E-state index >= 15 is 0 Å². The highest BCUT2D eigenvalue weighted by Crippen LogP contribution is 2.22. The number of imide groups is 1. The summed E-state index contributed by atoms with van der Waals surface area (Å²) in [6, 6.07) is 14.0. The van der Waals surface area contributed by atoms with Gasteiger partial charge in [0.2, 0.25) is 0 Å². The number of carbonyl (C=O) groups is 2. The summed E-state index contributed by atoms with van der Waals surface area (Å²) in [5, 5.41) is 1.50. The smallest absolute Gasteiger partial charge is 0.266 e. The van der Waals surface area contributed by atoms with E-state index in [1.54, 1.807) is 36.4 Å². The van der Waals surface area contributed by atoms with E-state index in [1.165, 1.54) is 0 Å². The SMILES string of the molecule is O=C1c2ccccc2C(=O)N1OCCc1ccc(Cl)cc1. The first-order chi connectivity index (χ1) is 10.2. The van der Waals surface area contributed by atoms with Crippen LogP contribution < -0.4 is 0 Å². The van der Waals surface area contributed by atoms with Crippen LogP contribution in [-0.2, 0) is 11.3 Å². The molecule has 1 aliphatic rings. The van der Waals surface area contributed by atoms with E-state index in [9.17, 15) is 9.59 Å². The van der Waals surface area contributed by atoms with Gasteiger partial charge in [0.15, 0.2) is 0 Å². The topological polar surface area (TPSA) is 46.6 Å². The Morgan fingerprint density at radius 3 is 2.05 bits per heavy atom. The molecule has 5 heteroatoms. The Morgan fingerprint density at radius 1 is 0.905 bits per heavy atom. The van der Waals surface area contributed by atoms with Crippen LogP contribution in [0.1, 0.15) is 26.3 Å². The maximum atomic E-state index is 12.1. The summed E-state index contributed by atoms with van der Waals surface area (Å²) >= 11 is 5.81. The molecule has 4 nitrogen and oxygen atoms in total. The van der Waals surface area contributed by atoms with E-state index in [-0.39, 0.29) is 6.61 Å². The summed E-state index contributed by atoms with van der Waals surface area (Å²) < 4.78 is 0. The Bertz CT molecular complexity index is 662. The number of hydrogen-bond acceptors (Lipinski definition) is 3. The zero-order chi connectivity index (χ0) is 14.8. The number of fused-ring (bicyclic) bond motifs is 1. The van der Waals surface area contributed by atoms with E-state index in [2.05, 4.69) is 0 Å². The predicted octanol–water partition coefficient (Wildman–Crippen LogP) is 3.11. The number of amides is 2. The van der Waals surface area contributed by atoms with Gasteiger partial charge in [-0.05, 0) is 36.2 Å². The van der Waals surface area contributed by atoms with Crippen LogP contribution in [-0.4, -0.2) is 23.5 Å². The van der Waals surface area contributed by atoms with Crippen LogP contribution in [0, 0.1) is 0 Å². The number of benzene rings is 2. The molecule has 21 heavy (non-hydrogen) atoms. The molecule has 106 valence electrons. The van der Waals surface area contributed by atoms with Gasteiger partial charge in [-0.3, -0.25) is 14.4 Å². The maximum Gasteiger partial charge on any atom is 0.285 e. The van der Waals surface area contributed by atoms with Crippen LogP contribution in [0.4, 0.5) is 0 Å². The number of rotatable bonds is 4. The molecule has 2 amide bonds. The monoisotopic (exact) mass is 301 g/mol. The molecule has 0 N–H and O–H groups in total. The molecular weight excluding hydrogens is 290 g/mol. The molecular formula is C16H12ClNO3. The van der Waals surface area contributed by atoms with Gasteiger partial charge in [-0.15, -0.1) is 5.06 Å². The molecule has 0 aromatic heterocycles. The molecule has 0 unspecified atom stereocenters. The minimum atomic E-state index is -0.410. The van der Waals surface area contributed by atoms with Crippen LogP contribution in [0.2, 0.25) is 5.02 Å². The molecule has 0 radical (unpaired) electrons. The van der Waals surface area contributed by atoms with Gasteiger partial charge in [0, 0.05) is 5.02 Å². The molecule has 2 aromatic carbocycles. The second-order valence-electron chi connectivity index (χ2n) is 4.66. The molecule has 0 aliphatic carbocycles. The average Bonchev–Trinajstić information content (AvgIpc) is 2.75. The number of nitrogens with zero attached hydrogens (tertiary/aromatic N) is 1. The lowest BCUT2D eigenvalue weighted by atomic mass is 10.1. The van der Waals surface area contributed by atoms with Crippen molar-refractivity contribution in [2.24, 2.45) is 0 Å². The van der Waals surface area contributed by atoms with Gasteiger partial charge >= 0.3 is 0 Å². The van der Waals surface area contributed by atoms with E-state index in [0.29, 0.717) is 22.6 Å². The first-order valence-corrected chi connectivity index (χ1v) is 6.90. The lowest BCUT2D eigenvalue weighted by Crippen LogP contribution is -2.30. The van der Waals surface area contributed by atoms with Crippen molar-refractivity contribution in [1.82, 2.24) is 5.06 Å². The van der Waals surface area contributed by atoms with Gasteiger partial charge in [-0.25, -0.2) is 0 Å². The highest BCUT2D eigenvalue weighted by molar-refractivity contribution is 6.30. The van der Waals surface area contributed by atoms with Crippen LogP contribution in [0.25, 0.3) is 0 Å². The Morgan fingerprint density at radius 2 is 1.48 bits per heavy atom. The van der Waals surface area contributed by atoms with Crippen molar-refractivity contribution in [3.63, 3.8) is 0 Å².